The first kappa shape index (κ1) is 12.9. The fourth-order valence-corrected chi connectivity index (χ4v) is 3.20. The lowest BCUT2D eigenvalue weighted by Gasteiger charge is -2.05. The van der Waals surface area contributed by atoms with Crippen LogP contribution in [0.5, 0.6) is 0 Å². The van der Waals surface area contributed by atoms with Crippen molar-refractivity contribution in [3.63, 3.8) is 0 Å². The van der Waals surface area contributed by atoms with Crippen molar-refractivity contribution in [2.75, 3.05) is 5.32 Å². The van der Waals surface area contributed by atoms with Gasteiger partial charge in [0.25, 0.3) is 0 Å². The summed E-state index contributed by atoms with van der Waals surface area (Å²) >= 11 is 1.84. The Bertz CT molecular complexity index is 671. The second kappa shape index (κ2) is 5.93. The van der Waals surface area contributed by atoms with E-state index >= 15 is 0 Å². The van der Waals surface area contributed by atoms with Gasteiger partial charge in [-0.2, -0.15) is 0 Å². The molecular weight excluding hydrogens is 262 g/mol. The molecule has 0 radical (unpaired) electrons. The van der Waals surface area contributed by atoms with Gasteiger partial charge in [0.05, 0.1) is 0 Å². The molecule has 2 heteroatoms. The maximum atomic E-state index is 3.53. The normalized spacial score (nSPS) is 10.4. The van der Waals surface area contributed by atoms with E-state index in [4.69, 9.17) is 0 Å². The summed E-state index contributed by atoms with van der Waals surface area (Å²) in [5, 5.41) is 3.53. The molecule has 100 valence electrons. The predicted molar refractivity (Wildman–Crippen MR) is 88.3 cm³/mol. The van der Waals surface area contributed by atoms with E-state index in [9.17, 15) is 0 Å². The first-order valence-electron chi connectivity index (χ1n) is 6.76. The van der Waals surface area contributed by atoms with Crippen LogP contribution in [0.15, 0.2) is 66.7 Å². The van der Waals surface area contributed by atoms with Crippen LogP contribution in [0.25, 0.3) is 10.4 Å². The number of aryl methyl sites for hydroxylation is 1. The van der Waals surface area contributed by atoms with E-state index in [2.05, 4.69) is 72.9 Å². The first-order valence-corrected chi connectivity index (χ1v) is 7.58. The van der Waals surface area contributed by atoms with Crippen molar-refractivity contribution in [3.05, 3.63) is 77.2 Å². The summed E-state index contributed by atoms with van der Waals surface area (Å²) in [6.07, 6.45) is 0. The molecule has 1 heterocycles. The lowest BCUT2D eigenvalue weighted by molar-refractivity contribution is 1.15. The largest absolute Gasteiger partial charge is 0.380 e. The highest BCUT2D eigenvalue weighted by atomic mass is 32.1. The number of hydrogen-bond donors (Lipinski definition) is 1. The summed E-state index contributed by atoms with van der Waals surface area (Å²) in [4.78, 5) is 2.65. The smallest absolute Gasteiger partial charge is 0.0487 e. The van der Waals surface area contributed by atoms with Crippen molar-refractivity contribution in [1.82, 2.24) is 0 Å². The van der Waals surface area contributed by atoms with E-state index in [1.165, 1.54) is 26.6 Å². The average molecular weight is 279 g/mol. The second-order valence-corrected chi connectivity index (χ2v) is 6.04. The lowest BCUT2D eigenvalue weighted by atomic mass is 10.2. The highest BCUT2D eigenvalue weighted by molar-refractivity contribution is 7.16. The van der Waals surface area contributed by atoms with Gasteiger partial charge in [0.1, 0.15) is 0 Å². The standard InChI is InChI=1S/C18H17NS/c1-14-17(19-13-15-8-4-2-5-9-15)12-18(20-14)16-10-6-3-7-11-16/h2-12,19H,13H2,1H3. The summed E-state index contributed by atoms with van der Waals surface area (Å²) in [5.74, 6) is 0. The number of nitrogens with one attached hydrogen (secondary N) is 1. The van der Waals surface area contributed by atoms with E-state index in [1.807, 2.05) is 17.4 Å². The van der Waals surface area contributed by atoms with Gasteiger partial charge in [-0.25, -0.2) is 0 Å². The molecule has 0 aliphatic carbocycles. The molecule has 3 aromatic rings. The van der Waals surface area contributed by atoms with Gasteiger partial charge in [0, 0.05) is 22.0 Å². The fourth-order valence-electron chi connectivity index (χ4n) is 2.20. The molecule has 20 heavy (non-hydrogen) atoms. The van der Waals surface area contributed by atoms with E-state index < -0.39 is 0 Å². The number of hydrogen-bond acceptors (Lipinski definition) is 2. The van der Waals surface area contributed by atoms with Gasteiger partial charge in [0.2, 0.25) is 0 Å². The van der Waals surface area contributed by atoms with Crippen LogP contribution in [-0.4, -0.2) is 0 Å². The number of rotatable bonds is 4. The van der Waals surface area contributed by atoms with E-state index in [1.54, 1.807) is 0 Å². The molecule has 1 N–H and O–H groups in total. The molecule has 0 atom stereocenters. The molecule has 0 fully saturated rings. The predicted octanol–water partition coefficient (Wildman–Crippen LogP) is 5.34. The molecule has 1 aromatic heterocycles. The minimum absolute atomic E-state index is 0.868. The van der Waals surface area contributed by atoms with Crippen LogP contribution in [-0.2, 0) is 6.54 Å². The van der Waals surface area contributed by atoms with Gasteiger partial charge in [-0.05, 0) is 24.1 Å². The number of anilines is 1. The van der Waals surface area contributed by atoms with Crippen LogP contribution in [0.4, 0.5) is 5.69 Å². The zero-order valence-electron chi connectivity index (χ0n) is 11.5. The number of benzene rings is 2. The molecule has 1 nitrogen and oxygen atoms in total. The summed E-state index contributed by atoms with van der Waals surface area (Å²) < 4.78 is 0. The summed E-state index contributed by atoms with van der Waals surface area (Å²) in [6.45, 7) is 3.04. The molecule has 3 rings (SSSR count). The van der Waals surface area contributed by atoms with Crippen molar-refractivity contribution in [1.29, 1.82) is 0 Å². The quantitative estimate of drug-likeness (QED) is 0.680. The molecule has 0 saturated heterocycles. The Balaban J connectivity index is 1.76. The van der Waals surface area contributed by atoms with E-state index in [0.29, 0.717) is 0 Å². The second-order valence-electron chi connectivity index (χ2n) is 4.79. The van der Waals surface area contributed by atoms with Crippen LogP contribution < -0.4 is 5.32 Å². The maximum absolute atomic E-state index is 3.53. The molecule has 0 unspecified atom stereocenters. The minimum atomic E-state index is 0.868. The third-order valence-electron chi connectivity index (χ3n) is 3.30. The van der Waals surface area contributed by atoms with Crippen molar-refractivity contribution in [2.24, 2.45) is 0 Å². The van der Waals surface area contributed by atoms with Gasteiger partial charge in [-0.15, -0.1) is 11.3 Å². The fraction of sp³-hybridized carbons (Fsp3) is 0.111. The topological polar surface area (TPSA) is 12.0 Å². The Labute approximate surface area is 123 Å². The maximum Gasteiger partial charge on any atom is 0.0487 e. The molecule has 2 aromatic carbocycles. The Morgan fingerprint density at radius 2 is 1.55 bits per heavy atom. The molecule has 0 aliphatic rings. The van der Waals surface area contributed by atoms with Crippen LogP contribution in [0, 0.1) is 6.92 Å². The van der Waals surface area contributed by atoms with Crippen LogP contribution >= 0.6 is 11.3 Å². The average Bonchev–Trinajstić information content (AvgIpc) is 2.88. The van der Waals surface area contributed by atoms with Crippen LogP contribution in [0.3, 0.4) is 0 Å². The molecule has 0 bridgehead atoms. The molecule has 0 spiro atoms. The molecule has 0 saturated carbocycles. The highest BCUT2D eigenvalue weighted by Crippen LogP contribution is 2.34. The van der Waals surface area contributed by atoms with Gasteiger partial charge in [-0.1, -0.05) is 60.7 Å². The third kappa shape index (κ3) is 2.91. The van der Waals surface area contributed by atoms with Gasteiger partial charge in [0.15, 0.2) is 0 Å². The summed E-state index contributed by atoms with van der Waals surface area (Å²) in [6, 6.07) is 23.3. The van der Waals surface area contributed by atoms with Crippen molar-refractivity contribution < 1.29 is 0 Å². The Kier molecular flexibility index (Phi) is 3.84. The van der Waals surface area contributed by atoms with Crippen LogP contribution in [0.1, 0.15) is 10.4 Å². The van der Waals surface area contributed by atoms with Crippen molar-refractivity contribution in [3.8, 4) is 10.4 Å². The first-order chi connectivity index (χ1) is 9.83. The summed E-state index contributed by atoms with van der Waals surface area (Å²) in [7, 11) is 0. The monoisotopic (exact) mass is 279 g/mol. The minimum Gasteiger partial charge on any atom is -0.380 e. The SMILES string of the molecule is Cc1sc(-c2ccccc2)cc1NCc1ccccc1. The Hall–Kier alpha value is -2.06. The van der Waals surface area contributed by atoms with Crippen LogP contribution in [0.2, 0.25) is 0 Å². The zero-order chi connectivity index (χ0) is 13.8. The van der Waals surface area contributed by atoms with Gasteiger partial charge in [-0.3, -0.25) is 0 Å². The Morgan fingerprint density at radius 1 is 0.900 bits per heavy atom. The number of thiophene rings is 1. The highest BCUT2D eigenvalue weighted by Gasteiger charge is 2.06. The van der Waals surface area contributed by atoms with Crippen molar-refractivity contribution >= 4 is 17.0 Å². The zero-order valence-corrected chi connectivity index (χ0v) is 12.3. The van der Waals surface area contributed by atoms with Crippen molar-refractivity contribution in [2.45, 2.75) is 13.5 Å². The summed E-state index contributed by atoms with van der Waals surface area (Å²) in [5.41, 5.74) is 3.82. The molecular formula is C18H17NS. The Morgan fingerprint density at radius 3 is 2.25 bits per heavy atom. The molecule has 0 aliphatic heterocycles. The third-order valence-corrected chi connectivity index (χ3v) is 4.40. The lowest BCUT2D eigenvalue weighted by Crippen LogP contribution is -1.98. The van der Waals surface area contributed by atoms with E-state index in [-0.39, 0.29) is 0 Å². The van der Waals surface area contributed by atoms with E-state index in [0.717, 1.165) is 6.54 Å². The van der Waals surface area contributed by atoms with Gasteiger partial charge < -0.3 is 5.32 Å². The van der Waals surface area contributed by atoms with Gasteiger partial charge >= 0.3 is 0 Å². The molecule has 0 amide bonds.